The first-order valence-electron chi connectivity index (χ1n) is 17.9. The Hall–Kier alpha value is -4.57. The van der Waals surface area contributed by atoms with Crippen molar-refractivity contribution in [2.75, 3.05) is 23.3 Å². The summed E-state index contributed by atoms with van der Waals surface area (Å²) < 4.78 is 1.01. The van der Waals surface area contributed by atoms with Crippen molar-refractivity contribution in [2.24, 2.45) is 33.9 Å². The summed E-state index contributed by atoms with van der Waals surface area (Å²) in [7, 11) is 0. The largest absolute Gasteiger partial charge is 0.476 e. The molecular weight excluding hydrogens is 645 g/mol. The van der Waals surface area contributed by atoms with Gasteiger partial charge in [0.05, 0.1) is 10.2 Å². The molecule has 0 saturated heterocycles. The number of carboxylic acid groups (broad SMARTS) is 1. The number of fused-ring (bicyclic) bond motifs is 4. The van der Waals surface area contributed by atoms with E-state index in [1.54, 1.807) is 6.07 Å². The molecule has 2 bridgehead atoms. The minimum Gasteiger partial charge on any atom is -0.476 e. The Kier molecular flexibility index (Phi) is 9.48. The number of allylic oxidation sites excluding steroid dienone is 1. The molecule has 3 heterocycles. The highest BCUT2D eigenvalue weighted by atomic mass is 32.1. The number of nitrogens with zero attached hydrogens (tertiary/aromatic N) is 4. The van der Waals surface area contributed by atoms with Gasteiger partial charge in [-0.2, -0.15) is 0 Å². The molecule has 2 aliphatic carbocycles. The molecule has 7 rings (SSSR count). The number of amides is 1. The molecule has 50 heavy (non-hydrogen) atoms. The molecule has 2 fully saturated rings. The van der Waals surface area contributed by atoms with Crippen molar-refractivity contribution < 1.29 is 14.7 Å². The number of carbonyl (C=O) groups excluding carboxylic acids is 1. The van der Waals surface area contributed by atoms with Crippen LogP contribution in [0.4, 0.5) is 10.9 Å². The van der Waals surface area contributed by atoms with Gasteiger partial charge in [0.25, 0.3) is 5.91 Å². The Bertz CT molecular complexity index is 1950. The summed E-state index contributed by atoms with van der Waals surface area (Å²) in [5, 5.41) is 13.9. The number of aromatic nitrogens is 2. The van der Waals surface area contributed by atoms with Gasteiger partial charge in [-0.15, -0.1) is 0 Å². The lowest BCUT2D eigenvalue weighted by Crippen LogP contribution is -2.39. The lowest BCUT2D eigenvalue weighted by molar-refractivity contribution is 0.0378. The van der Waals surface area contributed by atoms with Crippen LogP contribution in [0.5, 0.6) is 0 Å². The quantitative estimate of drug-likeness (QED) is 0.151. The normalized spacial score (nSPS) is 23.8. The zero-order chi connectivity index (χ0) is 35.0. The van der Waals surface area contributed by atoms with E-state index < -0.39 is 5.97 Å². The van der Waals surface area contributed by atoms with Gasteiger partial charge in [-0.1, -0.05) is 49.4 Å². The number of anilines is 2. The van der Waals surface area contributed by atoms with Crippen LogP contribution in [-0.4, -0.2) is 45.8 Å². The van der Waals surface area contributed by atoms with Crippen molar-refractivity contribution in [1.29, 1.82) is 0 Å². The maximum absolute atomic E-state index is 13.5. The minimum absolute atomic E-state index is 0.0622. The number of para-hydroxylation sites is 1. The molecule has 2 aromatic heterocycles. The van der Waals surface area contributed by atoms with Gasteiger partial charge in [-0.05, 0) is 116 Å². The number of pyridine rings is 1. The van der Waals surface area contributed by atoms with Crippen molar-refractivity contribution in [3.05, 3.63) is 88.7 Å². The first kappa shape index (κ1) is 33.9. The molecule has 0 radical (unpaired) electrons. The Morgan fingerprint density at radius 2 is 1.84 bits per heavy atom. The number of thiazole rings is 1. The number of aromatic carboxylic acids is 1. The van der Waals surface area contributed by atoms with E-state index in [9.17, 15) is 14.7 Å². The fourth-order valence-corrected chi connectivity index (χ4v) is 9.79. The van der Waals surface area contributed by atoms with E-state index in [1.165, 1.54) is 49.6 Å². The van der Waals surface area contributed by atoms with Crippen molar-refractivity contribution >= 4 is 55.7 Å². The van der Waals surface area contributed by atoms with Crippen molar-refractivity contribution in [2.45, 2.75) is 72.3 Å². The van der Waals surface area contributed by atoms with E-state index in [1.807, 2.05) is 60.4 Å². The number of rotatable bonds is 9. The SMILES string of the molecule is CCC1(CN=C(C)C(=CN)c2ccc(N3CCc4cccc(C(=O)Nc5nc6ccccc6s5)c4C3)nc2C(=O)O)CC2CC(C)CC(C2)C1. The summed E-state index contributed by atoms with van der Waals surface area (Å²) in [6, 6.07) is 17.2. The Balaban J connectivity index is 1.11. The first-order chi connectivity index (χ1) is 24.1. The van der Waals surface area contributed by atoms with Crippen LogP contribution in [0.15, 0.2) is 65.8 Å². The van der Waals surface area contributed by atoms with Gasteiger partial charge in [0.2, 0.25) is 0 Å². The summed E-state index contributed by atoms with van der Waals surface area (Å²) in [4.78, 5) is 42.6. The van der Waals surface area contributed by atoms with Gasteiger partial charge < -0.3 is 15.7 Å². The summed E-state index contributed by atoms with van der Waals surface area (Å²) in [6.07, 6.45) is 9.66. The molecule has 1 amide bonds. The standard InChI is InChI=1S/C40H46N6O3S/c1-4-40(19-26-16-24(2)17-27(18-26)20-40)23-42-25(3)31(21-41)29-12-13-35(44-36(29)38(48)49)46-15-14-28-8-7-9-30(32(28)22-46)37(47)45-39-43-33-10-5-6-11-34(33)50-39/h5-13,21,24,26-27H,4,14-20,22-23,41H2,1-3H3,(H,48,49)(H,43,45,47). The van der Waals surface area contributed by atoms with Crippen LogP contribution in [0.1, 0.15) is 96.8 Å². The third-order valence-corrected chi connectivity index (χ3v) is 12.2. The summed E-state index contributed by atoms with van der Waals surface area (Å²) in [5.41, 5.74) is 11.5. The van der Waals surface area contributed by atoms with Crippen LogP contribution in [0.3, 0.4) is 0 Å². The second-order valence-corrected chi connectivity index (χ2v) is 15.7. The Labute approximate surface area is 297 Å². The van der Waals surface area contributed by atoms with Crippen molar-refractivity contribution in [1.82, 2.24) is 9.97 Å². The number of hydrogen-bond acceptors (Lipinski definition) is 8. The Morgan fingerprint density at radius 1 is 1.06 bits per heavy atom. The van der Waals surface area contributed by atoms with Crippen molar-refractivity contribution in [3.63, 3.8) is 0 Å². The van der Waals surface area contributed by atoms with Gasteiger partial charge in [-0.3, -0.25) is 15.1 Å². The van der Waals surface area contributed by atoms with Crippen LogP contribution in [0.2, 0.25) is 0 Å². The zero-order valence-electron chi connectivity index (χ0n) is 29.1. The number of carboxylic acids is 1. The first-order valence-corrected chi connectivity index (χ1v) is 18.7. The number of nitrogens with one attached hydrogen (secondary N) is 1. The molecular formula is C40H46N6O3S. The van der Waals surface area contributed by atoms with E-state index in [2.05, 4.69) is 29.1 Å². The van der Waals surface area contributed by atoms with Crippen LogP contribution in [0.25, 0.3) is 15.8 Å². The highest BCUT2D eigenvalue weighted by Gasteiger charge is 2.42. The van der Waals surface area contributed by atoms with E-state index in [-0.39, 0.29) is 17.0 Å². The Morgan fingerprint density at radius 3 is 2.56 bits per heavy atom. The maximum Gasteiger partial charge on any atom is 0.355 e. The van der Waals surface area contributed by atoms with Gasteiger partial charge in [-0.25, -0.2) is 14.8 Å². The van der Waals surface area contributed by atoms with Crippen LogP contribution in [0, 0.1) is 23.2 Å². The number of hydrogen-bond donors (Lipinski definition) is 3. The summed E-state index contributed by atoms with van der Waals surface area (Å²) >= 11 is 1.44. The van der Waals surface area contributed by atoms with Crippen molar-refractivity contribution in [3.8, 4) is 0 Å². The van der Waals surface area contributed by atoms with Crippen LogP contribution < -0.4 is 16.0 Å². The highest BCUT2D eigenvalue weighted by Crippen LogP contribution is 2.52. The lowest BCUT2D eigenvalue weighted by Gasteiger charge is -2.48. The second kappa shape index (κ2) is 14.0. The molecule has 0 spiro atoms. The minimum atomic E-state index is -1.12. The highest BCUT2D eigenvalue weighted by molar-refractivity contribution is 7.22. The summed E-state index contributed by atoms with van der Waals surface area (Å²) in [6.45, 7) is 8.40. The number of benzene rings is 2. The molecule has 9 nitrogen and oxygen atoms in total. The maximum atomic E-state index is 13.5. The van der Waals surface area contributed by atoms with E-state index >= 15 is 0 Å². The van der Waals surface area contributed by atoms with E-state index in [0.717, 1.165) is 57.8 Å². The van der Waals surface area contributed by atoms with Gasteiger partial charge in [0.1, 0.15) is 5.82 Å². The lowest BCUT2D eigenvalue weighted by atomic mass is 9.58. The molecule has 1 aliphatic heterocycles. The van der Waals surface area contributed by atoms with Crippen LogP contribution >= 0.6 is 11.3 Å². The molecule has 2 unspecified atom stereocenters. The smallest absolute Gasteiger partial charge is 0.355 e. The predicted molar refractivity (Wildman–Crippen MR) is 202 cm³/mol. The fraction of sp³-hybridized carbons (Fsp3) is 0.425. The average molecular weight is 691 g/mol. The zero-order valence-corrected chi connectivity index (χ0v) is 29.9. The summed E-state index contributed by atoms with van der Waals surface area (Å²) in [5.74, 6) is 1.56. The molecule has 4 N–H and O–H groups in total. The molecule has 2 aromatic carbocycles. The molecule has 260 valence electrons. The monoisotopic (exact) mass is 690 g/mol. The molecule has 3 aliphatic rings. The molecule has 10 heteroatoms. The van der Waals surface area contributed by atoms with Gasteiger partial charge >= 0.3 is 5.97 Å². The predicted octanol–water partition coefficient (Wildman–Crippen LogP) is 8.21. The second-order valence-electron chi connectivity index (χ2n) is 14.7. The number of nitrogens with two attached hydrogens (primary N) is 1. The third-order valence-electron chi connectivity index (χ3n) is 11.3. The average Bonchev–Trinajstić information content (AvgIpc) is 3.52. The van der Waals surface area contributed by atoms with E-state index in [4.69, 9.17) is 10.7 Å². The fourth-order valence-electron chi connectivity index (χ4n) is 8.93. The number of aliphatic imine (C=N–C) groups is 1. The van der Waals surface area contributed by atoms with Gasteiger partial charge in [0.15, 0.2) is 10.8 Å². The molecule has 4 aromatic rings. The topological polar surface area (TPSA) is 134 Å². The molecule has 2 atom stereocenters. The van der Waals surface area contributed by atoms with Gasteiger partial charge in [0, 0.05) is 48.2 Å². The van der Waals surface area contributed by atoms with E-state index in [0.29, 0.717) is 47.2 Å². The van der Waals surface area contributed by atoms with Crippen LogP contribution in [-0.2, 0) is 13.0 Å². The number of carbonyl (C=O) groups is 2. The molecule has 2 saturated carbocycles. The third kappa shape index (κ3) is 6.77.